The van der Waals surface area contributed by atoms with Crippen LogP contribution in [0, 0.1) is 0 Å². The quantitative estimate of drug-likeness (QED) is 0.496. The van der Waals surface area contributed by atoms with E-state index in [9.17, 15) is 14.4 Å². The highest BCUT2D eigenvalue weighted by atomic mass is 16.5. The van der Waals surface area contributed by atoms with Crippen LogP contribution in [-0.4, -0.2) is 45.0 Å². The van der Waals surface area contributed by atoms with Crippen molar-refractivity contribution in [2.75, 3.05) is 13.2 Å². The van der Waals surface area contributed by atoms with E-state index >= 15 is 0 Å². The van der Waals surface area contributed by atoms with Gasteiger partial charge in [0.25, 0.3) is 5.56 Å². The van der Waals surface area contributed by atoms with Crippen LogP contribution in [-0.2, 0) is 16.1 Å². The number of aromatic nitrogens is 2. The lowest BCUT2D eigenvalue weighted by Crippen LogP contribution is -2.36. The monoisotopic (exact) mass is 299 g/mol. The molecule has 9 heteroatoms. The molecule has 1 aromatic rings. The van der Waals surface area contributed by atoms with E-state index < -0.39 is 23.4 Å². The van der Waals surface area contributed by atoms with Gasteiger partial charge in [0.2, 0.25) is 0 Å². The fraction of sp³-hybridized carbons (Fsp3) is 0.583. The molecule has 1 fully saturated rings. The molecule has 0 radical (unpaired) electrons. The molecule has 0 bridgehead atoms. The molecular formula is C12H17N3O6. The third-order valence-electron chi connectivity index (χ3n) is 3.23. The van der Waals surface area contributed by atoms with E-state index in [-0.39, 0.29) is 31.4 Å². The van der Waals surface area contributed by atoms with Gasteiger partial charge in [-0.1, -0.05) is 0 Å². The van der Waals surface area contributed by atoms with Crippen molar-refractivity contribution in [2.24, 2.45) is 0 Å². The van der Waals surface area contributed by atoms with Gasteiger partial charge < -0.3 is 20.3 Å². The second-order valence-electron chi connectivity index (χ2n) is 4.79. The molecule has 9 nitrogen and oxygen atoms in total. The number of aliphatic hydroxyl groups excluding tert-OH is 1. The van der Waals surface area contributed by atoms with Crippen molar-refractivity contribution in [3.05, 3.63) is 32.6 Å². The first-order valence-electron chi connectivity index (χ1n) is 6.54. The first kappa shape index (κ1) is 15.4. The summed E-state index contributed by atoms with van der Waals surface area (Å²) in [7, 11) is 0. The van der Waals surface area contributed by atoms with Crippen molar-refractivity contribution in [3.8, 4) is 0 Å². The number of nitrogens with one attached hydrogen (secondary N) is 2. The standard InChI is InChI=1S/C12H17N3O6/c16-6-8-1-2-9(21-8)15-5-7(3-13-4-10(17)18)11(19)14-12(15)20/h5,8-9,13,16H,1-4,6H2,(H,17,18)(H,14,19,20). The van der Waals surface area contributed by atoms with Gasteiger partial charge in [0, 0.05) is 18.3 Å². The van der Waals surface area contributed by atoms with Gasteiger partial charge in [-0.25, -0.2) is 4.79 Å². The molecule has 2 heterocycles. The smallest absolute Gasteiger partial charge is 0.330 e. The number of aliphatic hydroxyl groups is 1. The summed E-state index contributed by atoms with van der Waals surface area (Å²) in [6.45, 7) is -0.384. The summed E-state index contributed by atoms with van der Waals surface area (Å²) in [5.41, 5.74) is -0.914. The molecule has 1 aliphatic heterocycles. The van der Waals surface area contributed by atoms with Gasteiger partial charge in [-0.2, -0.15) is 0 Å². The highest BCUT2D eigenvalue weighted by Gasteiger charge is 2.27. The van der Waals surface area contributed by atoms with Crippen LogP contribution < -0.4 is 16.6 Å². The van der Waals surface area contributed by atoms with E-state index in [4.69, 9.17) is 14.9 Å². The number of aromatic amines is 1. The van der Waals surface area contributed by atoms with Crippen LogP contribution in [0.15, 0.2) is 15.8 Å². The summed E-state index contributed by atoms with van der Waals surface area (Å²) < 4.78 is 6.75. The third-order valence-corrected chi connectivity index (χ3v) is 3.23. The van der Waals surface area contributed by atoms with Crippen LogP contribution in [0.5, 0.6) is 0 Å². The second kappa shape index (κ2) is 6.66. The first-order valence-corrected chi connectivity index (χ1v) is 6.54. The van der Waals surface area contributed by atoms with Crippen LogP contribution in [0.3, 0.4) is 0 Å². The predicted octanol–water partition coefficient (Wildman–Crippen LogP) is -1.62. The Labute approximate surface area is 119 Å². The Hall–Kier alpha value is -1.97. The Morgan fingerprint density at radius 1 is 1.48 bits per heavy atom. The molecule has 2 atom stereocenters. The summed E-state index contributed by atoms with van der Waals surface area (Å²) in [5.74, 6) is -1.04. The van der Waals surface area contributed by atoms with Crippen LogP contribution in [0.1, 0.15) is 24.6 Å². The minimum absolute atomic E-state index is 0.0259. The highest BCUT2D eigenvalue weighted by Crippen LogP contribution is 2.26. The fourth-order valence-electron chi connectivity index (χ4n) is 2.20. The number of aliphatic carboxylic acids is 1. The Bertz CT molecular complexity index is 622. The molecule has 1 aromatic heterocycles. The number of hydrogen-bond donors (Lipinski definition) is 4. The second-order valence-corrected chi connectivity index (χ2v) is 4.79. The van der Waals surface area contributed by atoms with E-state index in [0.29, 0.717) is 12.8 Å². The lowest BCUT2D eigenvalue weighted by Gasteiger charge is -2.15. The summed E-state index contributed by atoms with van der Waals surface area (Å²) in [6.07, 6.45) is 1.69. The van der Waals surface area contributed by atoms with Gasteiger partial charge in [-0.15, -0.1) is 0 Å². The zero-order chi connectivity index (χ0) is 15.4. The Kier molecular flexibility index (Phi) is 4.89. The maximum absolute atomic E-state index is 11.8. The molecule has 116 valence electrons. The maximum atomic E-state index is 11.8. The van der Waals surface area contributed by atoms with E-state index in [0.717, 1.165) is 0 Å². The number of carboxylic acid groups (broad SMARTS) is 1. The number of carbonyl (C=O) groups is 1. The zero-order valence-corrected chi connectivity index (χ0v) is 11.2. The number of H-pyrrole nitrogens is 1. The van der Waals surface area contributed by atoms with Gasteiger partial charge >= 0.3 is 11.7 Å². The molecule has 0 saturated carbocycles. The third kappa shape index (κ3) is 3.78. The fourth-order valence-corrected chi connectivity index (χ4v) is 2.20. The number of carboxylic acids is 1. The van der Waals surface area contributed by atoms with Gasteiger partial charge in [0.05, 0.1) is 19.3 Å². The normalized spacial score (nSPS) is 21.6. The van der Waals surface area contributed by atoms with Crippen molar-refractivity contribution in [2.45, 2.75) is 31.7 Å². The van der Waals surface area contributed by atoms with Crippen molar-refractivity contribution in [1.82, 2.24) is 14.9 Å². The lowest BCUT2D eigenvalue weighted by atomic mass is 10.2. The molecule has 2 unspecified atom stereocenters. The van der Waals surface area contributed by atoms with E-state index in [1.165, 1.54) is 10.8 Å². The summed E-state index contributed by atoms with van der Waals surface area (Å²) in [6, 6.07) is 0. The average molecular weight is 299 g/mol. The summed E-state index contributed by atoms with van der Waals surface area (Å²) in [4.78, 5) is 36.1. The first-order chi connectivity index (χ1) is 10.0. The molecule has 2 rings (SSSR count). The maximum Gasteiger partial charge on any atom is 0.330 e. The molecule has 1 saturated heterocycles. The predicted molar refractivity (Wildman–Crippen MR) is 70.9 cm³/mol. The van der Waals surface area contributed by atoms with Gasteiger partial charge in [-0.3, -0.25) is 19.1 Å². The zero-order valence-electron chi connectivity index (χ0n) is 11.2. The van der Waals surface area contributed by atoms with Crippen LogP contribution in [0.2, 0.25) is 0 Å². The van der Waals surface area contributed by atoms with Crippen molar-refractivity contribution < 1.29 is 19.7 Å². The molecular weight excluding hydrogens is 282 g/mol. The van der Waals surface area contributed by atoms with E-state index in [2.05, 4.69) is 10.3 Å². The number of nitrogens with zero attached hydrogens (tertiary/aromatic N) is 1. The minimum atomic E-state index is -1.04. The number of rotatable bonds is 6. The average Bonchev–Trinajstić information content (AvgIpc) is 2.89. The van der Waals surface area contributed by atoms with E-state index in [1.54, 1.807) is 0 Å². The van der Waals surface area contributed by atoms with Crippen LogP contribution in [0.4, 0.5) is 0 Å². The van der Waals surface area contributed by atoms with Crippen molar-refractivity contribution in [3.63, 3.8) is 0 Å². The molecule has 0 aromatic carbocycles. The van der Waals surface area contributed by atoms with Gasteiger partial charge in [-0.05, 0) is 12.8 Å². The SMILES string of the molecule is O=C(O)CNCc1cn(C2CCC(CO)O2)c(=O)[nH]c1=O. The van der Waals surface area contributed by atoms with E-state index in [1.807, 2.05) is 0 Å². The molecule has 0 aliphatic carbocycles. The topological polar surface area (TPSA) is 134 Å². The molecule has 0 amide bonds. The molecule has 1 aliphatic rings. The van der Waals surface area contributed by atoms with Crippen molar-refractivity contribution >= 4 is 5.97 Å². The lowest BCUT2D eigenvalue weighted by molar-refractivity contribution is -0.136. The number of hydrogen-bond acceptors (Lipinski definition) is 6. The molecule has 4 N–H and O–H groups in total. The van der Waals surface area contributed by atoms with Crippen molar-refractivity contribution in [1.29, 1.82) is 0 Å². The van der Waals surface area contributed by atoms with Gasteiger partial charge in [0.1, 0.15) is 6.23 Å². The van der Waals surface area contributed by atoms with Gasteiger partial charge in [0.15, 0.2) is 0 Å². The Balaban J connectivity index is 2.16. The minimum Gasteiger partial charge on any atom is -0.480 e. The summed E-state index contributed by atoms with van der Waals surface area (Å²) in [5, 5.41) is 20.2. The van der Waals surface area contributed by atoms with Crippen LogP contribution >= 0.6 is 0 Å². The number of ether oxygens (including phenoxy) is 1. The Morgan fingerprint density at radius 2 is 2.24 bits per heavy atom. The Morgan fingerprint density at radius 3 is 2.86 bits per heavy atom. The molecule has 21 heavy (non-hydrogen) atoms. The summed E-state index contributed by atoms with van der Waals surface area (Å²) >= 11 is 0. The highest BCUT2D eigenvalue weighted by molar-refractivity contribution is 5.68. The molecule has 0 spiro atoms. The largest absolute Gasteiger partial charge is 0.480 e. The van der Waals surface area contributed by atoms with Crippen LogP contribution in [0.25, 0.3) is 0 Å².